The molecule has 0 heterocycles. The van der Waals surface area contributed by atoms with E-state index in [0.717, 1.165) is 24.7 Å². The minimum absolute atomic E-state index is 0.480. The predicted molar refractivity (Wildman–Crippen MR) is 86.4 cm³/mol. The molecule has 0 saturated heterocycles. The van der Waals surface area contributed by atoms with Gasteiger partial charge in [0.1, 0.15) is 0 Å². The Labute approximate surface area is 124 Å². The highest BCUT2D eigenvalue weighted by Gasteiger charge is 2.26. The topological polar surface area (TPSA) is 38.0 Å². The number of aryl methyl sites for hydroxylation is 2. The molecule has 0 aliphatic heterocycles. The number of benzene rings is 1. The summed E-state index contributed by atoms with van der Waals surface area (Å²) in [6, 6.07) is 9.32. The molecule has 3 N–H and O–H groups in total. The molecule has 1 atom stereocenters. The molecule has 1 unspecified atom stereocenters. The van der Waals surface area contributed by atoms with Crippen molar-refractivity contribution in [2.45, 2.75) is 64.8 Å². The van der Waals surface area contributed by atoms with Gasteiger partial charge in [-0.15, -0.1) is 0 Å². The first-order chi connectivity index (χ1) is 9.72. The van der Waals surface area contributed by atoms with Crippen molar-refractivity contribution in [3.63, 3.8) is 0 Å². The minimum atomic E-state index is 0.480. The van der Waals surface area contributed by atoms with Crippen LogP contribution in [-0.4, -0.2) is 6.04 Å². The molecule has 2 heteroatoms. The van der Waals surface area contributed by atoms with Gasteiger partial charge in [-0.3, -0.25) is 11.3 Å². The van der Waals surface area contributed by atoms with Crippen LogP contribution in [0.4, 0.5) is 0 Å². The number of rotatable bonds is 6. The Morgan fingerprint density at radius 2 is 2.00 bits per heavy atom. The fourth-order valence-electron chi connectivity index (χ4n) is 3.64. The zero-order chi connectivity index (χ0) is 14.4. The van der Waals surface area contributed by atoms with Crippen LogP contribution in [0, 0.1) is 18.8 Å². The van der Waals surface area contributed by atoms with Crippen LogP contribution in [0.25, 0.3) is 0 Å². The minimum Gasteiger partial charge on any atom is -0.271 e. The molecule has 2 nitrogen and oxygen atoms in total. The zero-order valence-electron chi connectivity index (χ0n) is 13.1. The molecular weight excluding hydrogens is 244 g/mol. The number of nitrogens with two attached hydrogens (primary N) is 1. The second-order valence-electron chi connectivity index (χ2n) is 6.49. The van der Waals surface area contributed by atoms with Gasteiger partial charge in [0.25, 0.3) is 0 Å². The van der Waals surface area contributed by atoms with E-state index in [2.05, 4.69) is 43.5 Å². The normalized spacial score (nSPS) is 24.6. The molecule has 112 valence electrons. The highest BCUT2D eigenvalue weighted by molar-refractivity contribution is 5.22. The lowest BCUT2D eigenvalue weighted by atomic mass is 9.76. The van der Waals surface area contributed by atoms with Gasteiger partial charge in [-0.2, -0.15) is 0 Å². The molecular formula is C18H30N2. The van der Waals surface area contributed by atoms with Crippen LogP contribution in [-0.2, 0) is 6.42 Å². The van der Waals surface area contributed by atoms with Crippen LogP contribution in [0.5, 0.6) is 0 Å². The van der Waals surface area contributed by atoms with Gasteiger partial charge >= 0.3 is 0 Å². The van der Waals surface area contributed by atoms with Crippen LogP contribution < -0.4 is 11.3 Å². The van der Waals surface area contributed by atoms with E-state index in [0.29, 0.717) is 6.04 Å². The highest BCUT2D eigenvalue weighted by Crippen LogP contribution is 2.33. The molecule has 0 bridgehead atoms. The van der Waals surface area contributed by atoms with Gasteiger partial charge in [0, 0.05) is 6.04 Å². The fourth-order valence-corrected chi connectivity index (χ4v) is 3.64. The van der Waals surface area contributed by atoms with Crippen LogP contribution in [0.2, 0.25) is 0 Å². The Kier molecular flexibility index (Phi) is 6.06. The van der Waals surface area contributed by atoms with Crippen molar-refractivity contribution in [2.24, 2.45) is 17.7 Å². The monoisotopic (exact) mass is 274 g/mol. The third-order valence-corrected chi connectivity index (χ3v) is 5.08. The Hall–Kier alpha value is -0.860. The van der Waals surface area contributed by atoms with Gasteiger partial charge in [-0.25, -0.2) is 0 Å². The molecule has 0 amide bonds. The molecule has 1 aliphatic rings. The summed E-state index contributed by atoms with van der Waals surface area (Å²) in [6.45, 7) is 4.48. The molecule has 1 saturated carbocycles. The van der Waals surface area contributed by atoms with E-state index in [-0.39, 0.29) is 0 Å². The Bertz CT molecular complexity index is 394. The second kappa shape index (κ2) is 7.80. The van der Waals surface area contributed by atoms with Crippen LogP contribution in [0.1, 0.15) is 56.6 Å². The van der Waals surface area contributed by atoms with E-state index in [9.17, 15) is 0 Å². The van der Waals surface area contributed by atoms with E-state index < -0.39 is 0 Å². The van der Waals surface area contributed by atoms with Crippen molar-refractivity contribution in [1.82, 2.24) is 5.43 Å². The first-order valence-electron chi connectivity index (χ1n) is 8.24. The van der Waals surface area contributed by atoms with Crippen molar-refractivity contribution >= 4 is 0 Å². The van der Waals surface area contributed by atoms with Crippen molar-refractivity contribution < 1.29 is 0 Å². The molecule has 0 aromatic heterocycles. The van der Waals surface area contributed by atoms with Gasteiger partial charge in [-0.1, -0.05) is 56.0 Å². The summed E-state index contributed by atoms with van der Waals surface area (Å²) in [6.07, 6.45) is 9.11. The fraction of sp³-hybridized carbons (Fsp3) is 0.667. The zero-order valence-corrected chi connectivity index (χ0v) is 13.1. The smallest absolute Gasteiger partial charge is 0.0241 e. The summed E-state index contributed by atoms with van der Waals surface area (Å²) in [5, 5.41) is 0. The lowest BCUT2D eigenvalue weighted by molar-refractivity contribution is 0.212. The van der Waals surface area contributed by atoms with Crippen LogP contribution in [0.15, 0.2) is 24.3 Å². The van der Waals surface area contributed by atoms with E-state index in [1.54, 1.807) is 0 Å². The van der Waals surface area contributed by atoms with Crippen LogP contribution in [0.3, 0.4) is 0 Å². The standard InChI is InChI=1S/C18H30N2/c1-3-15-7-10-17(11-8-15)18(20-19)12-9-16-6-4-5-14(2)13-16/h4-6,13,15,17-18,20H,3,7-12,19H2,1-2H3. The van der Waals surface area contributed by atoms with Gasteiger partial charge in [0.05, 0.1) is 0 Å². The Morgan fingerprint density at radius 3 is 2.60 bits per heavy atom. The Balaban J connectivity index is 1.83. The lowest BCUT2D eigenvalue weighted by Gasteiger charge is -2.33. The van der Waals surface area contributed by atoms with E-state index in [4.69, 9.17) is 5.84 Å². The molecule has 0 radical (unpaired) electrons. The van der Waals surface area contributed by atoms with E-state index in [1.807, 2.05) is 0 Å². The molecule has 20 heavy (non-hydrogen) atoms. The third-order valence-electron chi connectivity index (χ3n) is 5.08. The summed E-state index contributed by atoms with van der Waals surface area (Å²) >= 11 is 0. The summed E-state index contributed by atoms with van der Waals surface area (Å²) in [7, 11) is 0. The summed E-state index contributed by atoms with van der Waals surface area (Å²) in [5.41, 5.74) is 5.88. The summed E-state index contributed by atoms with van der Waals surface area (Å²) in [4.78, 5) is 0. The molecule has 1 aliphatic carbocycles. The van der Waals surface area contributed by atoms with Gasteiger partial charge in [-0.05, 0) is 50.0 Å². The summed E-state index contributed by atoms with van der Waals surface area (Å²) in [5.74, 6) is 7.55. The number of hydrogen-bond acceptors (Lipinski definition) is 2. The average molecular weight is 274 g/mol. The van der Waals surface area contributed by atoms with E-state index >= 15 is 0 Å². The van der Waals surface area contributed by atoms with Gasteiger partial charge < -0.3 is 0 Å². The maximum Gasteiger partial charge on any atom is 0.0241 e. The van der Waals surface area contributed by atoms with Gasteiger partial charge in [0.2, 0.25) is 0 Å². The first kappa shape index (κ1) is 15.5. The predicted octanol–water partition coefficient (Wildman–Crippen LogP) is 3.98. The lowest BCUT2D eigenvalue weighted by Crippen LogP contribution is -2.42. The maximum atomic E-state index is 5.81. The highest BCUT2D eigenvalue weighted by atomic mass is 15.2. The van der Waals surface area contributed by atoms with Crippen molar-refractivity contribution in [3.05, 3.63) is 35.4 Å². The van der Waals surface area contributed by atoms with Gasteiger partial charge in [0.15, 0.2) is 0 Å². The van der Waals surface area contributed by atoms with Crippen molar-refractivity contribution in [3.8, 4) is 0 Å². The quantitative estimate of drug-likeness (QED) is 0.608. The Morgan fingerprint density at radius 1 is 1.25 bits per heavy atom. The molecule has 1 aromatic carbocycles. The average Bonchev–Trinajstić information content (AvgIpc) is 2.48. The van der Waals surface area contributed by atoms with Crippen molar-refractivity contribution in [2.75, 3.05) is 0 Å². The third kappa shape index (κ3) is 4.32. The summed E-state index contributed by atoms with van der Waals surface area (Å²) < 4.78 is 0. The molecule has 1 aromatic rings. The molecule has 0 spiro atoms. The number of hydrazine groups is 1. The van der Waals surface area contributed by atoms with Crippen LogP contribution >= 0.6 is 0 Å². The molecule has 1 fully saturated rings. The number of nitrogens with one attached hydrogen (secondary N) is 1. The largest absolute Gasteiger partial charge is 0.271 e. The van der Waals surface area contributed by atoms with E-state index in [1.165, 1.54) is 43.2 Å². The maximum absolute atomic E-state index is 5.81. The second-order valence-corrected chi connectivity index (χ2v) is 6.49. The number of hydrogen-bond donors (Lipinski definition) is 2. The SMILES string of the molecule is CCC1CCC(C(CCc2cccc(C)c2)NN)CC1. The van der Waals surface area contributed by atoms with Crippen molar-refractivity contribution in [1.29, 1.82) is 0 Å². The molecule has 2 rings (SSSR count). The first-order valence-corrected chi connectivity index (χ1v) is 8.24.